The number of rotatable bonds is 4. The molecular formula is C11H22N2O. The summed E-state index contributed by atoms with van der Waals surface area (Å²) in [4.78, 5) is 0. The number of nitrogens with one attached hydrogen (secondary N) is 1. The van der Waals surface area contributed by atoms with Crippen molar-refractivity contribution in [2.24, 2.45) is 5.84 Å². The molecule has 1 aliphatic rings. The van der Waals surface area contributed by atoms with Crippen LogP contribution in [0.3, 0.4) is 0 Å². The standard InChI is InChI=1S/C11H22N2O/c1-9(14-2)11(13-12)10-7-5-3-4-6-8-10/h7,9,11,13H,3-6,8,12H2,1-2H3. The molecule has 0 aliphatic heterocycles. The lowest BCUT2D eigenvalue weighted by Crippen LogP contribution is -2.44. The molecular weight excluding hydrogens is 176 g/mol. The topological polar surface area (TPSA) is 47.3 Å². The summed E-state index contributed by atoms with van der Waals surface area (Å²) in [6, 6.07) is 0.179. The van der Waals surface area contributed by atoms with E-state index < -0.39 is 0 Å². The van der Waals surface area contributed by atoms with Gasteiger partial charge in [-0.3, -0.25) is 11.3 Å². The lowest BCUT2D eigenvalue weighted by molar-refractivity contribution is 0.0928. The quantitative estimate of drug-likeness (QED) is 0.411. The third-order valence-corrected chi connectivity index (χ3v) is 3.00. The van der Waals surface area contributed by atoms with Crippen molar-refractivity contribution in [1.82, 2.24) is 5.43 Å². The van der Waals surface area contributed by atoms with Crippen LogP contribution in [-0.2, 0) is 4.74 Å². The molecule has 1 aliphatic carbocycles. The molecule has 2 atom stereocenters. The first-order valence-electron chi connectivity index (χ1n) is 5.47. The van der Waals surface area contributed by atoms with E-state index in [0.29, 0.717) is 0 Å². The van der Waals surface area contributed by atoms with E-state index in [2.05, 4.69) is 18.4 Å². The lowest BCUT2D eigenvalue weighted by Gasteiger charge is -2.24. The van der Waals surface area contributed by atoms with Crippen LogP contribution < -0.4 is 11.3 Å². The fraction of sp³-hybridized carbons (Fsp3) is 0.818. The van der Waals surface area contributed by atoms with Crippen molar-refractivity contribution in [3.8, 4) is 0 Å². The highest BCUT2D eigenvalue weighted by atomic mass is 16.5. The summed E-state index contributed by atoms with van der Waals surface area (Å²) in [5.74, 6) is 5.56. The van der Waals surface area contributed by atoms with E-state index in [0.717, 1.165) is 6.42 Å². The molecule has 2 unspecified atom stereocenters. The summed E-state index contributed by atoms with van der Waals surface area (Å²) in [5, 5.41) is 0. The fourth-order valence-corrected chi connectivity index (χ4v) is 2.00. The summed E-state index contributed by atoms with van der Waals surface area (Å²) in [6.07, 6.45) is 8.73. The molecule has 0 saturated heterocycles. The van der Waals surface area contributed by atoms with Crippen LogP contribution >= 0.6 is 0 Å². The van der Waals surface area contributed by atoms with Crippen LogP contribution in [0.4, 0.5) is 0 Å². The predicted octanol–water partition coefficient (Wildman–Crippen LogP) is 1.74. The van der Waals surface area contributed by atoms with Crippen molar-refractivity contribution in [2.75, 3.05) is 7.11 Å². The molecule has 3 N–H and O–H groups in total. The minimum Gasteiger partial charge on any atom is -0.380 e. The van der Waals surface area contributed by atoms with E-state index in [-0.39, 0.29) is 12.1 Å². The molecule has 3 nitrogen and oxygen atoms in total. The van der Waals surface area contributed by atoms with Gasteiger partial charge in [-0.25, -0.2) is 0 Å². The van der Waals surface area contributed by atoms with Crippen molar-refractivity contribution in [1.29, 1.82) is 0 Å². The Morgan fingerprint density at radius 2 is 2.21 bits per heavy atom. The minimum absolute atomic E-state index is 0.143. The summed E-state index contributed by atoms with van der Waals surface area (Å²) < 4.78 is 5.31. The van der Waals surface area contributed by atoms with Gasteiger partial charge in [-0.05, 0) is 32.6 Å². The third kappa shape index (κ3) is 3.08. The average molecular weight is 198 g/mol. The number of hydrogen-bond donors (Lipinski definition) is 2. The van der Waals surface area contributed by atoms with Crippen molar-refractivity contribution in [2.45, 2.75) is 51.2 Å². The van der Waals surface area contributed by atoms with Gasteiger partial charge in [-0.1, -0.05) is 18.1 Å². The maximum absolute atomic E-state index is 5.56. The average Bonchev–Trinajstić information content (AvgIpc) is 2.47. The molecule has 14 heavy (non-hydrogen) atoms. The Labute approximate surface area is 86.7 Å². The first kappa shape index (κ1) is 11.7. The summed E-state index contributed by atoms with van der Waals surface area (Å²) in [6.45, 7) is 2.05. The smallest absolute Gasteiger partial charge is 0.0747 e. The van der Waals surface area contributed by atoms with Gasteiger partial charge in [0.15, 0.2) is 0 Å². The Morgan fingerprint density at radius 1 is 1.43 bits per heavy atom. The normalized spacial score (nSPS) is 22.4. The van der Waals surface area contributed by atoms with Gasteiger partial charge >= 0.3 is 0 Å². The van der Waals surface area contributed by atoms with Gasteiger partial charge < -0.3 is 4.74 Å². The Kier molecular flexibility index (Phi) is 5.15. The molecule has 0 fully saturated rings. The fourth-order valence-electron chi connectivity index (χ4n) is 2.00. The van der Waals surface area contributed by atoms with Crippen LogP contribution in [0.25, 0.3) is 0 Å². The predicted molar refractivity (Wildman–Crippen MR) is 58.8 cm³/mol. The minimum atomic E-state index is 0.143. The van der Waals surface area contributed by atoms with Crippen LogP contribution in [0.1, 0.15) is 39.0 Å². The third-order valence-electron chi connectivity index (χ3n) is 3.00. The van der Waals surface area contributed by atoms with E-state index in [1.807, 2.05) is 0 Å². The van der Waals surface area contributed by atoms with Crippen LogP contribution in [0.2, 0.25) is 0 Å². The number of methoxy groups -OCH3 is 1. The zero-order chi connectivity index (χ0) is 10.4. The van der Waals surface area contributed by atoms with Gasteiger partial charge in [0, 0.05) is 7.11 Å². The Morgan fingerprint density at radius 3 is 2.86 bits per heavy atom. The molecule has 0 saturated carbocycles. The van der Waals surface area contributed by atoms with E-state index in [1.165, 1.54) is 31.3 Å². The van der Waals surface area contributed by atoms with Gasteiger partial charge in [-0.15, -0.1) is 0 Å². The van der Waals surface area contributed by atoms with Crippen molar-refractivity contribution in [3.63, 3.8) is 0 Å². The second-order valence-electron chi connectivity index (χ2n) is 3.96. The highest BCUT2D eigenvalue weighted by Crippen LogP contribution is 2.21. The molecule has 0 aromatic rings. The summed E-state index contributed by atoms with van der Waals surface area (Å²) >= 11 is 0. The van der Waals surface area contributed by atoms with Crippen LogP contribution in [0, 0.1) is 0 Å². The highest BCUT2D eigenvalue weighted by molar-refractivity contribution is 5.13. The first-order valence-corrected chi connectivity index (χ1v) is 5.47. The SMILES string of the molecule is COC(C)C(NN)C1=CCCCCC1. The number of hydrazine groups is 1. The van der Waals surface area contributed by atoms with Gasteiger partial charge in [0.2, 0.25) is 0 Å². The molecule has 0 spiro atoms. The highest BCUT2D eigenvalue weighted by Gasteiger charge is 2.20. The maximum atomic E-state index is 5.56. The molecule has 3 heteroatoms. The molecule has 0 amide bonds. The number of ether oxygens (including phenoxy) is 1. The summed E-state index contributed by atoms with van der Waals surface area (Å²) in [5.41, 5.74) is 4.27. The van der Waals surface area contributed by atoms with Gasteiger partial charge in [0.05, 0.1) is 12.1 Å². The zero-order valence-electron chi connectivity index (χ0n) is 9.25. The lowest BCUT2D eigenvalue weighted by atomic mass is 9.98. The summed E-state index contributed by atoms with van der Waals surface area (Å²) in [7, 11) is 1.73. The zero-order valence-corrected chi connectivity index (χ0v) is 9.25. The largest absolute Gasteiger partial charge is 0.380 e. The molecule has 0 radical (unpaired) electrons. The van der Waals surface area contributed by atoms with Crippen LogP contribution in [0.5, 0.6) is 0 Å². The Hall–Kier alpha value is -0.380. The number of hydrogen-bond acceptors (Lipinski definition) is 3. The van der Waals surface area contributed by atoms with Gasteiger partial charge in [0.25, 0.3) is 0 Å². The van der Waals surface area contributed by atoms with Crippen LogP contribution in [-0.4, -0.2) is 19.3 Å². The Balaban J connectivity index is 2.61. The molecule has 0 aromatic carbocycles. The number of nitrogens with two attached hydrogens (primary N) is 1. The van der Waals surface area contributed by atoms with Crippen molar-refractivity contribution >= 4 is 0 Å². The second kappa shape index (κ2) is 6.17. The Bertz CT molecular complexity index is 192. The van der Waals surface area contributed by atoms with Crippen LogP contribution in [0.15, 0.2) is 11.6 Å². The van der Waals surface area contributed by atoms with E-state index in [1.54, 1.807) is 7.11 Å². The van der Waals surface area contributed by atoms with E-state index in [4.69, 9.17) is 10.6 Å². The molecule has 0 bridgehead atoms. The second-order valence-corrected chi connectivity index (χ2v) is 3.96. The van der Waals surface area contributed by atoms with Gasteiger partial charge in [0.1, 0.15) is 0 Å². The number of allylic oxidation sites excluding steroid dienone is 1. The monoisotopic (exact) mass is 198 g/mol. The van der Waals surface area contributed by atoms with Crippen molar-refractivity contribution < 1.29 is 4.74 Å². The maximum Gasteiger partial charge on any atom is 0.0747 e. The first-order chi connectivity index (χ1) is 6.79. The van der Waals surface area contributed by atoms with E-state index in [9.17, 15) is 0 Å². The van der Waals surface area contributed by atoms with E-state index >= 15 is 0 Å². The molecule has 1 rings (SSSR count). The van der Waals surface area contributed by atoms with Gasteiger partial charge in [-0.2, -0.15) is 0 Å². The molecule has 82 valence electrons. The molecule has 0 aromatic heterocycles. The molecule has 0 heterocycles. The van der Waals surface area contributed by atoms with Crippen molar-refractivity contribution in [3.05, 3.63) is 11.6 Å².